The van der Waals surface area contributed by atoms with Gasteiger partial charge in [0.25, 0.3) is 5.91 Å². The summed E-state index contributed by atoms with van der Waals surface area (Å²) in [6, 6.07) is 5.80. The summed E-state index contributed by atoms with van der Waals surface area (Å²) in [5, 5.41) is 16.3. The van der Waals surface area contributed by atoms with E-state index < -0.39 is 0 Å². The Hall–Kier alpha value is -1.59. The first-order valence-corrected chi connectivity index (χ1v) is 8.92. The number of aliphatic hydroxyl groups excluding tert-OH is 1. The molecule has 1 atom stereocenters. The standard InChI is InChI=1S/C19H28N2O3/c1-12-3-4-17(24-2)16(9-12)19(23)21-18(14-10-15(22)11-14)13-5-7-20-8-6-13/h3-4,9,13-15,18,20,22H,5-8,10-11H2,1-2H3,(H,21,23). The summed E-state index contributed by atoms with van der Waals surface area (Å²) in [5.41, 5.74) is 1.63. The van der Waals surface area contributed by atoms with E-state index in [2.05, 4.69) is 10.6 Å². The van der Waals surface area contributed by atoms with Crippen LogP contribution in [0.4, 0.5) is 0 Å². The summed E-state index contributed by atoms with van der Waals surface area (Å²) >= 11 is 0. The molecule has 3 N–H and O–H groups in total. The van der Waals surface area contributed by atoms with Gasteiger partial charge in [0, 0.05) is 6.04 Å². The summed E-state index contributed by atoms with van der Waals surface area (Å²) < 4.78 is 5.36. The number of benzene rings is 1. The number of carbonyl (C=O) groups is 1. The molecule has 1 aliphatic heterocycles. The van der Waals surface area contributed by atoms with E-state index in [1.54, 1.807) is 7.11 Å². The molecular weight excluding hydrogens is 304 g/mol. The molecule has 24 heavy (non-hydrogen) atoms. The number of aryl methyl sites for hydroxylation is 1. The number of hydrogen-bond acceptors (Lipinski definition) is 4. The molecule has 1 aromatic carbocycles. The second kappa shape index (κ2) is 7.53. The predicted octanol–water partition coefficient (Wildman–Crippen LogP) is 1.87. The fourth-order valence-corrected chi connectivity index (χ4v) is 3.98. The Morgan fingerprint density at radius 2 is 2.00 bits per heavy atom. The molecule has 1 unspecified atom stereocenters. The van der Waals surface area contributed by atoms with Gasteiger partial charge in [-0.15, -0.1) is 0 Å². The highest BCUT2D eigenvalue weighted by atomic mass is 16.5. The van der Waals surface area contributed by atoms with E-state index in [1.165, 1.54) is 0 Å². The number of hydrogen-bond donors (Lipinski definition) is 3. The Bertz CT molecular complexity index is 578. The van der Waals surface area contributed by atoms with Crippen molar-refractivity contribution in [2.75, 3.05) is 20.2 Å². The average Bonchev–Trinajstić information content (AvgIpc) is 2.57. The molecule has 132 valence electrons. The molecule has 0 radical (unpaired) electrons. The van der Waals surface area contributed by atoms with Gasteiger partial charge in [0.2, 0.25) is 0 Å². The van der Waals surface area contributed by atoms with Crippen molar-refractivity contribution >= 4 is 5.91 Å². The normalized spacial score (nSPS) is 25.6. The molecule has 1 amide bonds. The van der Waals surface area contributed by atoms with Gasteiger partial charge in [-0.25, -0.2) is 0 Å². The third-order valence-corrected chi connectivity index (χ3v) is 5.45. The van der Waals surface area contributed by atoms with Crippen molar-refractivity contribution in [3.63, 3.8) is 0 Å². The van der Waals surface area contributed by atoms with Crippen LogP contribution in [0, 0.1) is 18.8 Å². The van der Waals surface area contributed by atoms with E-state index in [9.17, 15) is 9.90 Å². The molecule has 1 saturated carbocycles. The van der Waals surface area contributed by atoms with Gasteiger partial charge in [-0.3, -0.25) is 4.79 Å². The van der Waals surface area contributed by atoms with Gasteiger partial charge in [0.1, 0.15) is 5.75 Å². The van der Waals surface area contributed by atoms with Crippen molar-refractivity contribution in [2.24, 2.45) is 11.8 Å². The number of rotatable bonds is 5. The number of ether oxygens (including phenoxy) is 1. The van der Waals surface area contributed by atoms with Gasteiger partial charge in [-0.05, 0) is 69.7 Å². The van der Waals surface area contributed by atoms with Gasteiger partial charge < -0.3 is 20.5 Å². The minimum absolute atomic E-state index is 0.0690. The topological polar surface area (TPSA) is 70.6 Å². The van der Waals surface area contributed by atoms with Gasteiger partial charge in [0.15, 0.2) is 0 Å². The van der Waals surface area contributed by atoms with E-state index >= 15 is 0 Å². The van der Waals surface area contributed by atoms with Crippen molar-refractivity contribution in [3.8, 4) is 5.75 Å². The van der Waals surface area contributed by atoms with Crippen molar-refractivity contribution in [2.45, 2.75) is 44.8 Å². The molecular formula is C19H28N2O3. The zero-order chi connectivity index (χ0) is 17.1. The summed E-state index contributed by atoms with van der Waals surface area (Å²) in [4.78, 5) is 12.9. The van der Waals surface area contributed by atoms with E-state index in [1.807, 2.05) is 25.1 Å². The molecule has 5 nitrogen and oxygen atoms in total. The maximum Gasteiger partial charge on any atom is 0.255 e. The molecule has 3 rings (SSSR count). The van der Waals surface area contributed by atoms with Gasteiger partial charge in [0.05, 0.1) is 18.8 Å². The van der Waals surface area contributed by atoms with Crippen molar-refractivity contribution in [3.05, 3.63) is 29.3 Å². The summed E-state index contributed by atoms with van der Waals surface area (Å²) in [7, 11) is 1.59. The van der Waals surface area contributed by atoms with E-state index in [0.717, 1.165) is 44.3 Å². The molecule has 0 aromatic heterocycles. The van der Waals surface area contributed by atoms with E-state index in [4.69, 9.17) is 4.74 Å². The molecule has 0 bridgehead atoms. The fourth-order valence-electron chi connectivity index (χ4n) is 3.98. The predicted molar refractivity (Wildman–Crippen MR) is 93.3 cm³/mol. The highest BCUT2D eigenvalue weighted by molar-refractivity contribution is 5.97. The number of aliphatic hydroxyl groups is 1. The monoisotopic (exact) mass is 332 g/mol. The van der Waals surface area contributed by atoms with Crippen LogP contribution < -0.4 is 15.4 Å². The van der Waals surface area contributed by atoms with Gasteiger partial charge >= 0.3 is 0 Å². The molecule has 1 heterocycles. The first-order chi connectivity index (χ1) is 11.6. The zero-order valence-corrected chi connectivity index (χ0v) is 14.5. The molecule has 5 heteroatoms. The number of amides is 1. The quantitative estimate of drug-likeness (QED) is 0.770. The Morgan fingerprint density at radius 3 is 2.62 bits per heavy atom. The van der Waals surface area contributed by atoms with Crippen molar-refractivity contribution in [1.82, 2.24) is 10.6 Å². The number of piperidine rings is 1. The number of carbonyl (C=O) groups excluding carboxylic acids is 1. The summed E-state index contributed by atoms with van der Waals surface area (Å²) in [6.07, 6.45) is 3.52. The van der Waals surface area contributed by atoms with Crippen LogP contribution in [0.5, 0.6) is 5.75 Å². The highest BCUT2D eigenvalue weighted by Gasteiger charge is 2.39. The third kappa shape index (κ3) is 3.73. The first kappa shape index (κ1) is 17.2. The van der Waals surface area contributed by atoms with Crippen LogP contribution in [-0.4, -0.2) is 43.4 Å². The number of methoxy groups -OCH3 is 1. The molecule has 1 saturated heterocycles. The van der Waals surface area contributed by atoms with E-state index in [0.29, 0.717) is 23.1 Å². The SMILES string of the molecule is COc1ccc(C)cc1C(=O)NC(C1CCNCC1)C1CC(O)C1. The first-order valence-electron chi connectivity index (χ1n) is 8.92. The highest BCUT2D eigenvalue weighted by Crippen LogP contribution is 2.36. The largest absolute Gasteiger partial charge is 0.496 e. The Balaban J connectivity index is 1.76. The third-order valence-electron chi connectivity index (χ3n) is 5.45. The lowest BCUT2D eigenvalue weighted by Gasteiger charge is -2.43. The van der Waals surface area contributed by atoms with E-state index in [-0.39, 0.29) is 18.1 Å². The lowest BCUT2D eigenvalue weighted by Crippen LogP contribution is -2.52. The Kier molecular flexibility index (Phi) is 5.41. The Labute approximate surface area is 143 Å². The van der Waals surface area contributed by atoms with Crippen molar-refractivity contribution in [1.29, 1.82) is 0 Å². The maximum atomic E-state index is 12.9. The fraction of sp³-hybridized carbons (Fsp3) is 0.632. The smallest absolute Gasteiger partial charge is 0.255 e. The minimum atomic E-state index is -0.204. The Morgan fingerprint density at radius 1 is 1.29 bits per heavy atom. The van der Waals surface area contributed by atoms with Crippen LogP contribution in [0.2, 0.25) is 0 Å². The van der Waals surface area contributed by atoms with Gasteiger partial charge in [-0.1, -0.05) is 11.6 Å². The summed E-state index contributed by atoms with van der Waals surface area (Å²) in [5.74, 6) is 1.39. The molecule has 2 aliphatic rings. The lowest BCUT2D eigenvalue weighted by atomic mass is 9.71. The zero-order valence-electron chi connectivity index (χ0n) is 14.5. The van der Waals surface area contributed by atoms with Crippen LogP contribution in [0.25, 0.3) is 0 Å². The molecule has 2 fully saturated rings. The second-order valence-corrected chi connectivity index (χ2v) is 7.18. The lowest BCUT2D eigenvalue weighted by molar-refractivity contribution is 0.00915. The van der Waals surface area contributed by atoms with Crippen LogP contribution >= 0.6 is 0 Å². The average molecular weight is 332 g/mol. The van der Waals surface area contributed by atoms with Crippen LogP contribution in [-0.2, 0) is 0 Å². The van der Waals surface area contributed by atoms with Crippen LogP contribution in [0.3, 0.4) is 0 Å². The second-order valence-electron chi connectivity index (χ2n) is 7.18. The summed E-state index contributed by atoms with van der Waals surface area (Å²) in [6.45, 7) is 3.98. The van der Waals surface area contributed by atoms with Gasteiger partial charge in [-0.2, -0.15) is 0 Å². The van der Waals surface area contributed by atoms with Crippen LogP contribution in [0.15, 0.2) is 18.2 Å². The molecule has 1 aromatic rings. The number of nitrogens with one attached hydrogen (secondary N) is 2. The molecule has 1 aliphatic carbocycles. The minimum Gasteiger partial charge on any atom is -0.496 e. The molecule has 0 spiro atoms. The van der Waals surface area contributed by atoms with Crippen molar-refractivity contribution < 1.29 is 14.6 Å². The van der Waals surface area contributed by atoms with Crippen LogP contribution in [0.1, 0.15) is 41.6 Å². The maximum absolute atomic E-state index is 12.9.